The number of nitrogens with two attached hydrogens (primary N) is 1. The first kappa shape index (κ1) is 28.0. The molecule has 0 bridgehead atoms. The number of anilines is 1. The van der Waals surface area contributed by atoms with Crippen molar-refractivity contribution < 1.29 is 0 Å². The van der Waals surface area contributed by atoms with E-state index in [0.717, 1.165) is 27.9 Å². The molecule has 6 aromatic carbocycles. The van der Waals surface area contributed by atoms with E-state index in [1.165, 1.54) is 49.4 Å². The Hall–Kier alpha value is -4.82. The minimum Gasteiger partial charge on any atom is -0.398 e. The highest BCUT2D eigenvalue weighted by Gasteiger charge is 2.21. The highest BCUT2D eigenvalue weighted by Crippen LogP contribution is 2.40. The highest BCUT2D eigenvalue weighted by molar-refractivity contribution is 6.10. The first-order valence-corrected chi connectivity index (χ1v) is 15.6. The quantitative estimate of drug-likeness (QED) is 0.210. The van der Waals surface area contributed by atoms with E-state index in [-0.39, 0.29) is 10.8 Å². The van der Waals surface area contributed by atoms with Crippen LogP contribution in [0.15, 0.2) is 121 Å². The minimum atomic E-state index is 0.0538. The second-order valence-electron chi connectivity index (χ2n) is 14.2. The zero-order valence-corrected chi connectivity index (χ0v) is 26.6. The molecular weight excluding hydrogens is 532 g/mol. The van der Waals surface area contributed by atoms with Gasteiger partial charge in [0, 0.05) is 27.7 Å². The number of hydrogen-bond donors (Lipinski definition) is 1. The molecule has 0 unspecified atom stereocenters. The van der Waals surface area contributed by atoms with Gasteiger partial charge < -0.3 is 10.3 Å². The monoisotopic (exact) mass is 572 g/mol. The molecule has 1 heterocycles. The van der Waals surface area contributed by atoms with Gasteiger partial charge in [-0.05, 0) is 104 Å². The van der Waals surface area contributed by atoms with Gasteiger partial charge in [-0.15, -0.1) is 0 Å². The van der Waals surface area contributed by atoms with Crippen LogP contribution in [0, 0.1) is 0 Å². The number of rotatable bonds is 3. The lowest BCUT2D eigenvalue weighted by atomic mass is 9.85. The Morgan fingerprint density at radius 2 is 1.00 bits per heavy atom. The van der Waals surface area contributed by atoms with Gasteiger partial charge in [0.05, 0.1) is 11.0 Å². The Kier molecular flexibility index (Phi) is 6.44. The Labute approximate surface area is 260 Å². The summed E-state index contributed by atoms with van der Waals surface area (Å²) in [6.45, 7) is 13.7. The van der Waals surface area contributed by atoms with E-state index in [1.54, 1.807) is 0 Å². The average Bonchev–Trinajstić information content (AvgIpc) is 3.33. The molecule has 1 aromatic heterocycles. The third-order valence-corrected chi connectivity index (χ3v) is 9.01. The molecule has 0 saturated heterocycles. The molecular formula is C42H40N2. The van der Waals surface area contributed by atoms with Crippen molar-refractivity contribution in [3.05, 3.63) is 132 Å². The highest BCUT2D eigenvalue weighted by atomic mass is 15.0. The van der Waals surface area contributed by atoms with Crippen LogP contribution in [0.5, 0.6) is 0 Å². The lowest BCUT2D eigenvalue weighted by molar-refractivity contribution is 0.590. The van der Waals surface area contributed by atoms with Crippen molar-refractivity contribution in [2.24, 2.45) is 0 Å². The maximum atomic E-state index is 6.77. The van der Waals surface area contributed by atoms with Gasteiger partial charge in [-0.2, -0.15) is 0 Å². The molecule has 7 rings (SSSR count). The zero-order chi connectivity index (χ0) is 30.8. The number of nitrogen functional groups attached to an aromatic ring is 1. The molecule has 0 radical (unpaired) electrons. The molecule has 2 nitrogen and oxygen atoms in total. The van der Waals surface area contributed by atoms with E-state index in [2.05, 4.69) is 167 Å². The number of nitrogens with zero attached hydrogens (tertiary/aromatic N) is 1. The summed E-state index contributed by atoms with van der Waals surface area (Å²) in [4.78, 5) is 0. The van der Waals surface area contributed by atoms with Crippen LogP contribution in [-0.4, -0.2) is 4.57 Å². The summed E-state index contributed by atoms with van der Waals surface area (Å²) in [5.74, 6) is 0. The molecule has 0 spiro atoms. The molecule has 0 aliphatic heterocycles. The molecule has 0 saturated carbocycles. The average molecular weight is 573 g/mol. The summed E-state index contributed by atoms with van der Waals surface area (Å²) in [5, 5.41) is 4.91. The molecule has 0 amide bonds. The van der Waals surface area contributed by atoms with Crippen LogP contribution in [0.25, 0.3) is 60.5 Å². The van der Waals surface area contributed by atoms with Crippen LogP contribution in [0.1, 0.15) is 52.7 Å². The van der Waals surface area contributed by atoms with Crippen LogP contribution in [0.2, 0.25) is 0 Å². The maximum absolute atomic E-state index is 6.77. The van der Waals surface area contributed by atoms with Gasteiger partial charge in [-0.25, -0.2) is 0 Å². The number of fused-ring (bicyclic) bond motifs is 4. The molecule has 2 N–H and O–H groups in total. The lowest BCUT2D eigenvalue weighted by Crippen LogP contribution is -2.10. The van der Waals surface area contributed by atoms with Crippen LogP contribution >= 0.6 is 0 Å². The number of hydrogen-bond acceptors (Lipinski definition) is 1. The maximum Gasteiger partial charge on any atom is 0.0541 e. The summed E-state index contributed by atoms with van der Waals surface area (Å²) in [5.41, 5.74) is 18.4. The van der Waals surface area contributed by atoms with E-state index in [9.17, 15) is 0 Å². The van der Waals surface area contributed by atoms with Crippen LogP contribution in [0.4, 0.5) is 5.69 Å². The molecule has 44 heavy (non-hydrogen) atoms. The Morgan fingerprint density at radius 3 is 1.57 bits per heavy atom. The molecule has 2 heteroatoms. The van der Waals surface area contributed by atoms with E-state index in [0.29, 0.717) is 0 Å². The van der Waals surface area contributed by atoms with Crippen molar-refractivity contribution in [3.8, 4) is 27.9 Å². The van der Waals surface area contributed by atoms with Gasteiger partial charge in [-0.1, -0.05) is 108 Å². The molecule has 0 atom stereocenters. The first-order chi connectivity index (χ1) is 21.0. The molecule has 218 valence electrons. The van der Waals surface area contributed by atoms with Crippen molar-refractivity contribution in [3.63, 3.8) is 0 Å². The summed E-state index contributed by atoms with van der Waals surface area (Å²) >= 11 is 0. The van der Waals surface area contributed by atoms with Crippen molar-refractivity contribution in [2.75, 3.05) is 5.73 Å². The van der Waals surface area contributed by atoms with Gasteiger partial charge in [0.15, 0.2) is 0 Å². The predicted molar refractivity (Wildman–Crippen MR) is 191 cm³/mol. The fourth-order valence-corrected chi connectivity index (χ4v) is 6.44. The van der Waals surface area contributed by atoms with Gasteiger partial charge in [0.2, 0.25) is 0 Å². The number of benzene rings is 6. The zero-order valence-electron chi connectivity index (χ0n) is 26.6. The molecule has 0 fully saturated rings. The lowest BCUT2D eigenvalue weighted by Gasteiger charge is -2.19. The van der Waals surface area contributed by atoms with Gasteiger partial charge in [0.25, 0.3) is 0 Å². The normalized spacial score (nSPS) is 12.4. The topological polar surface area (TPSA) is 30.9 Å². The molecule has 0 aliphatic carbocycles. The molecule has 0 aliphatic rings. The van der Waals surface area contributed by atoms with Crippen LogP contribution in [0.3, 0.4) is 0 Å². The first-order valence-electron chi connectivity index (χ1n) is 15.6. The van der Waals surface area contributed by atoms with Crippen molar-refractivity contribution in [1.82, 2.24) is 4.57 Å². The molecule has 7 aromatic rings. The van der Waals surface area contributed by atoms with E-state index < -0.39 is 0 Å². The Morgan fingerprint density at radius 1 is 0.477 bits per heavy atom. The van der Waals surface area contributed by atoms with Gasteiger partial charge in [-0.3, -0.25) is 0 Å². The fourth-order valence-electron chi connectivity index (χ4n) is 6.44. The Bertz CT molecular complexity index is 2110. The van der Waals surface area contributed by atoms with E-state index >= 15 is 0 Å². The van der Waals surface area contributed by atoms with E-state index in [1.807, 2.05) is 0 Å². The standard InChI is InChI=1S/C42H40N2/c1-41(2,3)32-16-18-39-36(25-32)37-26-33(42(4,5)6)17-19-40(37)44(39)34-21-30(27-12-8-7-9-13-27)20-31(22-34)35-23-28-14-10-11-15-29(28)24-38(35)43/h7-26H,43H2,1-6H3. The SMILES string of the molecule is CC(C)(C)c1ccc2c(c1)c1cc(C(C)(C)C)ccc1n2-c1cc(-c2ccccc2)cc(-c2cc3ccccc3cc2N)c1. The smallest absolute Gasteiger partial charge is 0.0541 e. The largest absolute Gasteiger partial charge is 0.398 e. The Balaban J connectivity index is 1.56. The third kappa shape index (κ3) is 4.85. The fraction of sp³-hybridized carbons (Fsp3) is 0.190. The number of aromatic nitrogens is 1. The van der Waals surface area contributed by atoms with Gasteiger partial charge in [0.1, 0.15) is 0 Å². The van der Waals surface area contributed by atoms with Gasteiger partial charge >= 0.3 is 0 Å². The summed E-state index contributed by atoms with van der Waals surface area (Å²) in [6.07, 6.45) is 0. The van der Waals surface area contributed by atoms with E-state index in [4.69, 9.17) is 5.73 Å². The van der Waals surface area contributed by atoms with Crippen LogP contribution in [-0.2, 0) is 10.8 Å². The predicted octanol–water partition coefficient (Wildman–Crippen LogP) is 11.4. The van der Waals surface area contributed by atoms with Crippen molar-refractivity contribution in [1.29, 1.82) is 0 Å². The minimum absolute atomic E-state index is 0.0538. The second-order valence-corrected chi connectivity index (χ2v) is 14.2. The summed E-state index contributed by atoms with van der Waals surface area (Å²) < 4.78 is 2.44. The van der Waals surface area contributed by atoms with Crippen LogP contribution < -0.4 is 5.73 Å². The van der Waals surface area contributed by atoms with Crippen molar-refractivity contribution >= 4 is 38.3 Å². The summed E-state index contributed by atoms with van der Waals surface area (Å²) in [6, 6.07) is 44.4. The van der Waals surface area contributed by atoms with Crippen molar-refractivity contribution in [2.45, 2.75) is 52.4 Å². The third-order valence-electron chi connectivity index (χ3n) is 9.01. The summed E-state index contributed by atoms with van der Waals surface area (Å²) in [7, 11) is 0. The second kappa shape index (κ2) is 10.1.